The number of benzene rings is 1. The van der Waals surface area contributed by atoms with Gasteiger partial charge in [-0.15, -0.1) is 11.3 Å². The molecule has 4 amide bonds. The molecule has 1 aliphatic heterocycles. The number of aryl methyl sites for hydroxylation is 1. The first-order chi connectivity index (χ1) is 18.8. The van der Waals surface area contributed by atoms with E-state index in [2.05, 4.69) is 74.9 Å². The highest BCUT2D eigenvalue weighted by Crippen LogP contribution is 2.38. The number of urea groups is 1. The normalized spacial score (nSPS) is 17.0. The molecule has 0 unspecified atom stereocenters. The predicted octanol–water partition coefficient (Wildman–Crippen LogP) is 7.03. The van der Waals surface area contributed by atoms with Crippen molar-refractivity contribution in [2.75, 3.05) is 23.7 Å². The minimum Gasteiger partial charge on any atom is -0.352 e. The summed E-state index contributed by atoms with van der Waals surface area (Å²) in [7, 11) is 0. The molecule has 3 N–H and O–H groups in total. The van der Waals surface area contributed by atoms with Gasteiger partial charge >= 0.3 is 6.03 Å². The standard InChI is InChI=1S/C32H40N4O3S/c1-8-21-10-9-11-22(14-13-21)24-18-23(15-12-20(24)2)34-30(39)35-27-25(19-26(40-27)31(3,4)5)28(37)36-17-16-33-29(38)32(36,6)7/h9-10,12-15,18-19H,8,11,16-17H2,1-7H3,(H,33,38)(H2,34,35,39). The van der Waals surface area contributed by atoms with Crippen molar-refractivity contribution in [2.45, 2.75) is 72.3 Å². The zero-order valence-electron chi connectivity index (χ0n) is 24.5. The van der Waals surface area contributed by atoms with Crippen LogP contribution in [-0.4, -0.2) is 41.4 Å². The van der Waals surface area contributed by atoms with Crippen LogP contribution in [0.5, 0.6) is 0 Å². The molecule has 2 heterocycles. The summed E-state index contributed by atoms with van der Waals surface area (Å²) < 4.78 is 0. The Morgan fingerprint density at radius 3 is 2.58 bits per heavy atom. The maximum atomic E-state index is 13.8. The number of thiophene rings is 1. The van der Waals surface area contributed by atoms with E-state index in [1.165, 1.54) is 22.5 Å². The van der Waals surface area contributed by atoms with Gasteiger partial charge in [-0.25, -0.2) is 4.79 Å². The van der Waals surface area contributed by atoms with Crippen LogP contribution < -0.4 is 16.0 Å². The van der Waals surface area contributed by atoms with Crippen molar-refractivity contribution in [1.29, 1.82) is 0 Å². The van der Waals surface area contributed by atoms with E-state index in [1.54, 1.807) is 18.7 Å². The average Bonchev–Trinajstić information content (AvgIpc) is 3.16. The van der Waals surface area contributed by atoms with Gasteiger partial charge < -0.3 is 15.5 Å². The zero-order valence-corrected chi connectivity index (χ0v) is 25.3. The molecule has 8 heteroatoms. The van der Waals surface area contributed by atoms with Gasteiger partial charge in [-0.3, -0.25) is 14.9 Å². The number of anilines is 2. The summed E-state index contributed by atoms with van der Waals surface area (Å²) in [5.74, 6) is -0.464. The Kier molecular flexibility index (Phi) is 8.40. The van der Waals surface area contributed by atoms with E-state index < -0.39 is 11.6 Å². The molecule has 1 aromatic carbocycles. The highest BCUT2D eigenvalue weighted by atomic mass is 32.1. The summed E-state index contributed by atoms with van der Waals surface area (Å²) in [4.78, 5) is 42.1. The van der Waals surface area contributed by atoms with Crippen LogP contribution in [0.2, 0.25) is 0 Å². The minimum absolute atomic E-state index is 0.193. The van der Waals surface area contributed by atoms with Crippen molar-refractivity contribution in [1.82, 2.24) is 10.2 Å². The maximum absolute atomic E-state index is 13.8. The van der Waals surface area contributed by atoms with Crippen LogP contribution in [0.15, 0.2) is 54.1 Å². The lowest BCUT2D eigenvalue weighted by molar-refractivity contribution is -0.133. The Labute approximate surface area is 241 Å². The van der Waals surface area contributed by atoms with Crippen LogP contribution in [0.25, 0.3) is 5.57 Å². The van der Waals surface area contributed by atoms with E-state index in [9.17, 15) is 14.4 Å². The molecule has 1 fully saturated rings. The molecule has 2 aromatic rings. The second-order valence-corrected chi connectivity index (χ2v) is 12.9. The number of hydrogen-bond donors (Lipinski definition) is 3. The van der Waals surface area contributed by atoms with Crippen LogP contribution >= 0.6 is 11.3 Å². The maximum Gasteiger partial charge on any atom is 0.324 e. The van der Waals surface area contributed by atoms with E-state index in [0.29, 0.717) is 29.3 Å². The molecular formula is C32H40N4O3S. The van der Waals surface area contributed by atoms with Crippen LogP contribution in [0, 0.1) is 6.92 Å². The first-order valence-electron chi connectivity index (χ1n) is 13.8. The largest absolute Gasteiger partial charge is 0.352 e. The predicted molar refractivity (Wildman–Crippen MR) is 165 cm³/mol. The number of rotatable bonds is 5. The topological polar surface area (TPSA) is 90.5 Å². The van der Waals surface area contributed by atoms with Crippen molar-refractivity contribution in [2.24, 2.45) is 0 Å². The van der Waals surface area contributed by atoms with Gasteiger partial charge in [-0.05, 0) is 79.5 Å². The van der Waals surface area contributed by atoms with Crippen LogP contribution in [0.1, 0.15) is 80.7 Å². The van der Waals surface area contributed by atoms with Gasteiger partial charge in [-0.2, -0.15) is 0 Å². The highest BCUT2D eigenvalue weighted by Gasteiger charge is 2.42. The van der Waals surface area contributed by atoms with Crippen molar-refractivity contribution in [3.8, 4) is 0 Å². The van der Waals surface area contributed by atoms with Crippen molar-refractivity contribution in [3.05, 3.63) is 75.7 Å². The molecule has 40 heavy (non-hydrogen) atoms. The first kappa shape index (κ1) is 29.3. The van der Waals surface area contributed by atoms with Crippen molar-refractivity contribution < 1.29 is 14.4 Å². The molecule has 0 atom stereocenters. The average molecular weight is 561 g/mol. The second-order valence-electron chi connectivity index (χ2n) is 11.9. The number of allylic oxidation sites excluding steroid dienone is 6. The summed E-state index contributed by atoms with van der Waals surface area (Å²) in [5.41, 5.74) is 4.54. The van der Waals surface area contributed by atoms with E-state index in [1.807, 2.05) is 24.3 Å². The highest BCUT2D eigenvalue weighted by molar-refractivity contribution is 7.16. The molecule has 1 saturated heterocycles. The quantitative estimate of drug-likeness (QED) is 0.367. The molecule has 4 rings (SSSR count). The molecule has 0 spiro atoms. The van der Waals surface area contributed by atoms with Crippen LogP contribution in [0.3, 0.4) is 0 Å². The number of carbonyl (C=O) groups is 3. The molecule has 212 valence electrons. The van der Waals surface area contributed by atoms with E-state index in [-0.39, 0.29) is 17.2 Å². The number of hydrogen-bond acceptors (Lipinski definition) is 4. The third kappa shape index (κ3) is 6.22. The van der Waals surface area contributed by atoms with Gasteiger partial charge in [0.1, 0.15) is 10.5 Å². The third-order valence-electron chi connectivity index (χ3n) is 7.44. The molecule has 0 bridgehead atoms. The molecule has 0 radical (unpaired) electrons. The summed E-state index contributed by atoms with van der Waals surface area (Å²) in [6.07, 6.45) is 10.4. The molecule has 2 aliphatic rings. The van der Waals surface area contributed by atoms with Crippen molar-refractivity contribution >= 4 is 45.4 Å². The van der Waals surface area contributed by atoms with Gasteiger partial charge in [-0.1, -0.05) is 58.1 Å². The Morgan fingerprint density at radius 2 is 1.88 bits per heavy atom. The molecule has 1 aromatic heterocycles. The zero-order chi connectivity index (χ0) is 29.2. The van der Waals surface area contributed by atoms with Gasteiger partial charge in [0, 0.05) is 23.7 Å². The van der Waals surface area contributed by atoms with Gasteiger partial charge in [0.05, 0.1) is 5.56 Å². The number of nitrogens with zero attached hydrogens (tertiary/aromatic N) is 1. The second kappa shape index (κ2) is 11.5. The lowest BCUT2D eigenvalue weighted by Gasteiger charge is -2.41. The van der Waals surface area contributed by atoms with Crippen molar-refractivity contribution in [3.63, 3.8) is 0 Å². The number of carbonyl (C=O) groups excluding carboxylic acids is 3. The van der Waals surface area contributed by atoms with E-state index in [4.69, 9.17) is 0 Å². The summed E-state index contributed by atoms with van der Waals surface area (Å²) in [6, 6.07) is 7.31. The Balaban J connectivity index is 1.59. The van der Waals surface area contributed by atoms with Gasteiger partial charge in [0.2, 0.25) is 5.91 Å². The fourth-order valence-corrected chi connectivity index (χ4v) is 5.93. The molecule has 0 saturated carbocycles. The summed E-state index contributed by atoms with van der Waals surface area (Å²) in [6.45, 7) is 14.7. The SMILES string of the molecule is CCC1=CC=C(c2cc(NC(=O)Nc3sc(C(C)(C)C)cc3C(=O)N3CCNC(=O)C3(C)C)ccc2C)CC=C1. The lowest BCUT2D eigenvalue weighted by atomic mass is 9.93. The number of piperazine rings is 1. The van der Waals surface area contributed by atoms with Crippen LogP contribution in [0.4, 0.5) is 15.5 Å². The molecule has 1 aliphatic carbocycles. The fourth-order valence-electron chi connectivity index (χ4n) is 4.83. The van der Waals surface area contributed by atoms with Gasteiger partial charge in [0.25, 0.3) is 5.91 Å². The Morgan fingerprint density at radius 1 is 1.12 bits per heavy atom. The Bertz CT molecular complexity index is 1420. The minimum atomic E-state index is -0.994. The lowest BCUT2D eigenvalue weighted by Crippen LogP contribution is -2.63. The van der Waals surface area contributed by atoms with Crippen LogP contribution in [-0.2, 0) is 10.2 Å². The summed E-state index contributed by atoms with van der Waals surface area (Å²) in [5, 5.41) is 9.19. The number of amides is 4. The smallest absolute Gasteiger partial charge is 0.324 e. The molecular weight excluding hydrogens is 520 g/mol. The third-order valence-corrected chi connectivity index (χ3v) is 8.92. The van der Waals surface area contributed by atoms with Gasteiger partial charge in [0.15, 0.2) is 0 Å². The monoisotopic (exact) mass is 560 g/mol. The molecule has 7 nitrogen and oxygen atoms in total. The Hall–Kier alpha value is -3.65. The fraction of sp³-hybridized carbons (Fsp3) is 0.406. The summed E-state index contributed by atoms with van der Waals surface area (Å²) >= 11 is 1.39. The van der Waals surface area contributed by atoms with E-state index >= 15 is 0 Å². The van der Waals surface area contributed by atoms with E-state index in [0.717, 1.165) is 28.8 Å². The first-order valence-corrected chi connectivity index (χ1v) is 14.6. The number of nitrogens with one attached hydrogen (secondary N) is 3.